The van der Waals surface area contributed by atoms with E-state index in [0.29, 0.717) is 36.1 Å². The van der Waals surface area contributed by atoms with E-state index >= 15 is 0 Å². The quantitative estimate of drug-likeness (QED) is 0.488. The van der Waals surface area contributed by atoms with Crippen molar-refractivity contribution in [1.29, 1.82) is 0 Å². The Kier molecular flexibility index (Phi) is 5.47. The van der Waals surface area contributed by atoms with E-state index in [0.717, 1.165) is 30.0 Å². The van der Waals surface area contributed by atoms with Crippen molar-refractivity contribution in [2.24, 2.45) is 5.10 Å². The summed E-state index contributed by atoms with van der Waals surface area (Å²) in [5, 5.41) is 8.00. The number of fused-ring (bicyclic) bond motifs is 1. The van der Waals surface area contributed by atoms with Crippen LogP contribution >= 0.6 is 0 Å². The highest BCUT2D eigenvalue weighted by Crippen LogP contribution is 2.26. The number of hydrogen-bond donors (Lipinski definition) is 1. The molecule has 4 heterocycles. The van der Waals surface area contributed by atoms with Gasteiger partial charge in [0.15, 0.2) is 17.0 Å². The Hall–Kier alpha value is -3.85. The third-order valence-corrected chi connectivity index (χ3v) is 5.29. The van der Waals surface area contributed by atoms with E-state index in [9.17, 15) is 0 Å². The number of aromatic nitrogens is 5. The maximum atomic E-state index is 5.49. The average molecular weight is 429 g/mol. The summed E-state index contributed by atoms with van der Waals surface area (Å²) < 4.78 is 7.18. The van der Waals surface area contributed by atoms with Crippen molar-refractivity contribution in [3.05, 3.63) is 65.7 Å². The van der Waals surface area contributed by atoms with Gasteiger partial charge in [0.25, 0.3) is 0 Å². The molecule has 1 fully saturated rings. The van der Waals surface area contributed by atoms with E-state index in [1.54, 1.807) is 17.2 Å². The van der Waals surface area contributed by atoms with Gasteiger partial charge in [-0.15, -0.1) is 0 Å². The first-order chi connectivity index (χ1) is 15.7. The van der Waals surface area contributed by atoms with Crippen LogP contribution in [0.3, 0.4) is 0 Å². The predicted molar refractivity (Wildman–Crippen MR) is 125 cm³/mol. The molecule has 0 spiro atoms. The fraction of sp³-hybridized carbons (Fsp3) is 0.261. The third kappa shape index (κ3) is 4.15. The highest BCUT2D eigenvalue weighted by atomic mass is 16.5. The lowest BCUT2D eigenvalue weighted by atomic mass is 10.2. The minimum Gasteiger partial charge on any atom is -0.378 e. The molecule has 1 aliphatic heterocycles. The third-order valence-electron chi connectivity index (χ3n) is 5.29. The number of pyridine rings is 1. The van der Waals surface area contributed by atoms with Gasteiger partial charge in [-0.1, -0.05) is 29.8 Å². The first-order valence-electron chi connectivity index (χ1n) is 10.5. The summed E-state index contributed by atoms with van der Waals surface area (Å²) in [6, 6.07) is 12.0. The maximum absolute atomic E-state index is 5.49. The van der Waals surface area contributed by atoms with Crippen LogP contribution in [-0.4, -0.2) is 57.1 Å². The van der Waals surface area contributed by atoms with Gasteiger partial charge in [-0.3, -0.25) is 4.98 Å². The summed E-state index contributed by atoms with van der Waals surface area (Å²) in [6.45, 7) is 6.78. The Morgan fingerprint density at radius 1 is 1.06 bits per heavy atom. The number of morpholine rings is 1. The van der Waals surface area contributed by atoms with Gasteiger partial charge in [0.2, 0.25) is 5.95 Å². The molecule has 9 heteroatoms. The van der Waals surface area contributed by atoms with Gasteiger partial charge in [-0.25, -0.2) is 9.66 Å². The molecule has 1 aliphatic rings. The average Bonchev–Trinajstić information content (AvgIpc) is 3.23. The summed E-state index contributed by atoms with van der Waals surface area (Å²) in [5.74, 6) is 1.24. The Bertz CT molecular complexity index is 1280. The second-order valence-corrected chi connectivity index (χ2v) is 7.65. The minimum atomic E-state index is 0.622. The molecule has 0 amide bonds. The molecule has 1 N–H and O–H groups in total. The molecule has 3 aromatic heterocycles. The van der Waals surface area contributed by atoms with E-state index in [2.05, 4.69) is 44.3 Å². The van der Waals surface area contributed by atoms with Gasteiger partial charge in [0.1, 0.15) is 6.33 Å². The fourth-order valence-corrected chi connectivity index (χ4v) is 3.58. The van der Waals surface area contributed by atoms with Crippen molar-refractivity contribution in [3.8, 4) is 0 Å². The summed E-state index contributed by atoms with van der Waals surface area (Å²) in [5.41, 5.74) is 5.22. The minimum absolute atomic E-state index is 0.622. The van der Waals surface area contributed by atoms with Crippen LogP contribution in [0.15, 0.2) is 54.0 Å². The van der Waals surface area contributed by atoms with Gasteiger partial charge in [0.05, 0.1) is 30.8 Å². The fourth-order valence-electron chi connectivity index (χ4n) is 3.58. The molecule has 9 nitrogen and oxygen atoms in total. The van der Waals surface area contributed by atoms with Crippen molar-refractivity contribution >= 4 is 34.8 Å². The van der Waals surface area contributed by atoms with Gasteiger partial charge in [-0.05, 0) is 31.5 Å². The van der Waals surface area contributed by atoms with Gasteiger partial charge < -0.3 is 15.0 Å². The van der Waals surface area contributed by atoms with Crippen molar-refractivity contribution in [3.63, 3.8) is 0 Å². The van der Waals surface area contributed by atoms with Crippen molar-refractivity contribution in [1.82, 2.24) is 24.6 Å². The molecule has 0 unspecified atom stereocenters. The number of nitrogens with zero attached hydrogens (tertiary/aromatic N) is 7. The molecule has 32 heavy (non-hydrogen) atoms. The maximum Gasteiger partial charge on any atom is 0.229 e. The lowest BCUT2D eigenvalue weighted by molar-refractivity contribution is 0.122. The highest BCUT2D eigenvalue weighted by molar-refractivity contribution is 5.87. The molecule has 0 bridgehead atoms. The van der Waals surface area contributed by atoms with Crippen LogP contribution in [0.2, 0.25) is 0 Å². The number of aryl methyl sites for hydroxylation is 2. The lowest BCUT2D eigenvalue weighted by Gasteiger charge is -2.27. The normalized spacial score (nSPS) is 14.4. The summed E-state index contributed by atoms with van der Waals surface area (Å²) in [7, 11) is 0. The van der Waals surface area contributed by atoms with E-state index in [-0.39, 0.29) is 0 Å². The van der Waals surface area contributed by atoms with E-state index in [1.165, 1.54) is 5.56 Å². The topological polar surface area (TPSA) is 93.4 Å². The van der Waals surface area contributed by atoms with Crippen LogP contribution in [-0.2, 0) is 4.74 Å². The van der Waals surface area contributed by atoms with Gasteiger partial charge >= 0.3 is 0 Å². The molecular formula is C23H24N8O. The molecule has 0 saturated carbocycles. The summed E-state index contributed by atoms with van der Waals surface area (Å²) >= 11 is 0. The van der Waals surface area contributed by atoms with Crippen molar-refractivity contribution < 1.29 is 4.74 Å². The Morgan fingerprint density at radius 2 is 1.94 bits per heavy atom. The van der Waals surface area contributed by atoms with E-state index < -0.39 is 0 Å². The largest absolute Gasteiger partial charge is 0.378 e. The van der Waals surface area contributed by atoms with Gasteiger partial charge in [-0.2, -0.15) is 15.1 Å². The molecule has 4 aromatic rings. The Labute approximate surface area is 185 Å². The van der Waals surface area contributed by atoms with Crippen molar-refractivity contribution in [2.75, 3.05) is 36.5 Å². The number of anilines is 3. The number of benzene rings is 1. The number of rotatable bonds is 5. The highest BCUT2D eigenvalue weighted by Gasteiger charge is 2.19. The second-order valence-electron chi connectivity index (χ2n) is 7.65. The van der Waals surface area contributed by atoms with Crippen molar-refractivity contribution in [2.45, 2.75) is 13.8 Å². The molecule has 1 aromatic carbocycles. The zero-order valence-corrected chi connectivity index (χ0v) is 18.1. The van der Waals surface area contributed by atoms with Crippen LogP contribution in [0.5, 0.6) is 0 Å². The molecule has 1 saturated heterocycles. The summed E-state index contributed by atoms with van der Waals surface area (Å²) in [6.07, 6.45) is 5.24. The monoisotopic (exact) mass is 428 g/mol. The standard InChI is InChI=1S/C23H24N8O/c1-16-5-3-6-18(13-16)14-26-31-15-25-20-21(27-19-7-4-8-24-17(19)2)28-23(29-22(20)31)30-9-11-32-12-10-30/h3-8,13-15H,9-12H2,1-2H3,(H,27,28,29). The molecule has 0 radical (unpaired) electrons. The number of ether oxygens (including phenoxy) is 1. The number of nitrogens with one attached hydrogen (secondary N) is 1. The first kappa shape index (κ1) is 20.1. The Morgan fingerprint density at radius 3 is 2.75 bits per heavy atom. The number of imidazole rings is 1. The van der Waals surface area contributed by atoms with E-state index in [1.807, 2.05) is 37.4 Å². The van der Waals surface area contributed by atoms with Crippen LogP contribution < -0.4 is 10.2 Å². The van der Waals surface area contributed by atoms with Crippen LogP contribution in [0, 0.1) is 13.8 Å². The molecule has 162 valence electrons. The molecule has 0 atom stereocenters. The van der Waals surface area contributed by atoms with Crippen LogP contribution in [0.1, 0.15) is 16.8 Å². The zero-order valence-electron chi connectivity index (χ0n) is 18.1. The zero-order chi connectivity index (χ0) is 21.9. The Balaban J connectivity index is 1.58. The second kappa shape index (κ2) is 8.72. The van der Waals surface area contributed by atoms with Crippen LogP contribution in [0.4, 0.5) is 17.5 Å². The lowest BCUT2D eigenvalue weighted by Crippen LogP contribution is -2.37. The number of hydrogen-bond acceptors (Lipinski definition) is 8. The predicted octanol–water partition coefficient (Wildman–Crippen LogP) is 3.30. The molecule has 0 aliphatic carbocycles. The summed E-state index contributed by atoms with van der Waals surface area (Å²) in [4.78, 5) is 20.6. The first-order valence-corrected chi connectivity index (χ1v) is 10.5. The molecule has 5 rings (SSSR count). The smallest absolute Gasteiger partial charge is 0.229 e. The van der Waals surface area contributed by atoms with E-state index in [4.69, 9.17) is 14.7 Å². The molecular weight excluding hydrogens is 404 g/mol. The SMILES string of the molecule is Cc1cccc(C=Nn2cnc3c(Nc4cccnc4C)nc(N4CCOCC4)nc32)c1. The van der Waals surface area contributed by atoms with Crippen LogP contribution in [0.25, 0.3) is 11.2 Å². The van der Waals surface area contributed by atoms with Gasteiger partial charge in [0, 0.05) is 19.3 Å².